The number of halogens is 1. The summed E-state index contributed by atoms with van der Waals surface area (Å²) >= 11 is 5.14. The van der Waals surface area contributed by atoms with Crippen molar-refractivity contribution < 1.29 is 33.7 Å². The fourth-order valence-electron chi connectivity index (χ4n) is 1.37. The highest BCUT2D eigenvalue weighted by Crippen LogP contribution is 2.29. The first-order valence-corrected chi connectivity index (χ1v) is 6.46. The Morgan fingerprint density at radius 3 is 2.10 bits per heavy atom. The highest BCUT2D eigenvalue weighted by Gasteiger charge is 2.34. The predicted octanol–water partition coefficient (Wildman–Crippen LogP) is 2.02. The van der Waals surface area contributed by atoms with Gasteiger partial charge in [0, 0.05) is 0 Å². The summed E-state index contributed by atoms with van der Waals surface area (Å²) in [5.74, 6) is -2.51. The Bertz CT molecular complexity index is 348. The molecule has 1 unspecified atom stereocenters. The first kappa shape index (κ1) is 18.5. The Balaban J connectivity index is 4.21. The van der Waals surface area contributed by atoms with Crippen molar-refractivity contribution in [2.45, 2.75) is 27.2 Å². The Morgan fingerprint density at radius 2 is 1.65 bits per heavy atom. The van der Waals surface area contributed by atoms with Crippen LogP contribution in [0.15, 0.2) is 0 Å². The lowest BCUT2D eigenvalue weighted by molar-refractivity contribution is -0.158. The first-order chi connectivity index (χ1) is 9.18. The van der Waals surface area contributed by atoms with Crippen LogP contribution in [0.5, 0.6) is 0 Å². The third-order valence-corrected chi connectivity index (χ3v) is 2.54. The predicted molar refractivity (Wildman–Crippen MR) is 69.3 cm³/mol. The van der Waals surface area contributed by atoms with E-state index in [1.807, 2.05) is 0 Å². The van der Waals surface area contributed by atoms with Gasteiger partial charge < -0.3 is 19.3 Å². The maximum Gasteiger partial charge on any atom is 0.509 e. The minimum atomic E-state index is -1.08. The molecule has 0 fully saturated rings. The minimum Gasteiger partial charge on any atom is -0.481 e. The van der Waals surface area contributed by atoms with Crippen molar-refractivity contribution in [3.05, 3.63) is 0 Å². The molecule has 8 heteroatoms. The molecule has 0 spiro atoms. The number of alkyl halides is 1. The fraction of sp³-hybridized carbons (Fsp3) is 0.750. The summed E-state index contributed by atoms with van der Waals surface area (Å²) in [5.41, 5.74) is -0.548. The Labute approximate surface area is 122 Å². The number of ether oxygens (including phenoxy) is 3. The number of rotatable bonds is 7. The van der Waals surface area contributed by atoms with E-state index in [-0.39, 0.29) is 25.7 Å². The van der Waals surface area contributed by atoms with Crippen molar-refractivity contribution in [1.29, 1.82) is 0 Å². The number of carbonyl (C=O) groups is 3. The van der Waals surface area contributed by atoms with E-state index in [0.29, 0.717) is 0 Å². The molecule has 0 amide bonds. The van der Waals surface area contributed by atoms with Gasteiger partial charge >= 0.3 is 18.1 Å². The third kappa shape index (κ3) is 7.83. The van der Waals surface area contributed by atoms with E-state index in [1.165, 1.54) is 0 Å². The van der Waals surface area contributed by atoms with Crippen LogP contribution < -0.4 is 0 Å². The first-order valence-electron chi connectivity index (χ1n) is 5.92. The van der Waals surface area contributed by atoms with E-state index in [2.05, 4.69) is 9.47 Å². The van der Waals surface area contributed by atoms with Crippen LogP contribution in [0.4, 0.5) is 4.79 Å². The molecule has 116 valence electrons. The molecule has 0 aromatic rings. The SMILES string of the molecule is CC(C)(C)C(CC(=O)O)C(=O)OCCOC(=O)OCCl. The monoisotopic (exact) mass is 310 g/mol. The Morgan fingerprint density at radius 1 is 1.10 bits per heavy atom. The molecule has 20 heavy (non-hydrogen) atoms. The summed E-state index contributed by atoms with van der Waals surface area (Å²) in [6, 6.07) is -0.330. The van der Waals surface area contributed by atoms with E-state index in [1.54, 1.807) is 20.8 Å². The summed E-state index contributed by atoms with van der Waals surface area (Å²) in [6.45, 7) is 4.87. The molecule has 0 saturated heterocycles. The van der Waals surface area contributed by atoms with Crippen molar-refractivity contribution >= 4 is 29.7 Å². The van der Waals surface area contributed by atoms with E-state index in [9.17, 15) is 14.4 Å². The normalized spacial score (nSPS) is 12.4. The molecule has 7 nitrogen and oxygen atoms in total. The van der Waals surface area contributed by atoms with Crippen molar-refractivity contribution in [2.24, 2.45) is 11.3 Å². The molecular formula is C12H19ClO7. The summed E-state index contributed by atoms with van der Waals surface area (Å²) in [6.07, 6.45) is -1.29. The van der Waals surface area contributed by atoms with E-state index in [4.69, 9.17) is 21.4 Å². The number of carboxylic acid groups (broad SMARTS) is 1. The number of carbonyl (C=O) groups excluding carboxylic acids is 2. The minimum absolute atomic E-state index is 0.178. The van der Waals surface area contributed by atoms with Crippen molar-refractivity contribution in [2.75, 3.05) is 19.3 Å². The lowest BCUT2D eigenvalue weighted by Gasteiger charge is -2.27. The topological polar surface area (TPSA) is 99.1 Å². The van der Waals surface area contributed by atoms with Crippen LogP contribution in [-0.2, 0) is 23.8 Å². The van der Waals surface area contributed by atoms with E-state index >= 15 is 0 Å². The number of hydrogen-bond donors (Lipinski definition) is 1. The van der Waals surface area contributed by atoms with Gasteiger partial charge in [-0.25, -0.2) is 4.79 Å². The molecular weight excluding hydrogens is 292 g/mol. The summed E-state index contributed by atoms with van der Waals surface area (Å²) in [7, 11) is 0. The van der Waals surface area contributed by atoms with Gasteiger partial charge in [0.2, 0.25) is 0 Å². The van der Waals surface area contributed by atoms with Gasteiger partial charge in [0.1, 0.15) is 13.2 Å². The largest absolute Gasteiger partial charge is 0.509 e. The van der Waals surface area contributed by atoms with Gasteiger partial charge in [-0.15, -0.1) is 0 Å². The molecule has 0 aliphatic carbocycles. The second kappa shape index (κ2) is 8.63. The second-order valence-corrected chi connectivity index (χ2v) is 5.25. The molecule has 0 heterocycles. The standard InChI is InChI=1S/C12H19ClO7/c1-12(2,3)8(6-9(14)15)10(16)18-4-5-19-11(17)20-7-13/h8H,4-7H2,1-3H3,(H,14,15). The van der Waals surface area contributed by atoms with Gasteiger partial charge in [0.25, 0.3) is 0 Å². The molecule has 0 radical (unpaired) electrons. The summed E-state index contributed by atoms with van der Waals surface area (Å²) in [5, 5.41) is 8.79. The number of carboxylic acids is 1. The van der Waals surface area contributed by atoms with Gasteiger partial charge in [0.15, 0.2) is 6.07 Å². The highest BCUT2D eigenvalue weighted by atomic mass is 35.5. The van der Waals surface area contributed by atoms with Crippen LogP contribution in [0, 0.1) is 11.3 Å². The molecule has 0 rings (SSSR count). The molecule has 0 aromatic carbocycles. The van der Waals surface area contributed by atoms with Gasteiger partial charge in [-0.3, -0.25) is 9.59 Å². The maximum absolute atomic E-state index is 11.8. The van der Waals surface area contributed by atoms with Crippen LogP contribution in [-0.4, -0.2) is 42.5 Å². The average molecular weight is 311 g/mol. The number of aliphatic carboxylic acids is 1. The van der Waals surface area contributed by atoms with Gasteiger partial charge in [-0.2, -0.15) is 0 Å². The second-order valence-electron chi connectivity index (χ2n) is 5.04. The molecule has 0 aliphatic heterocycles. The van der Waals surface area contributed by atoms with Crippen LogP contribution in [0.2, 0.25) is 0 Å². The number of hydrogen-bond acceptors (Lipinski definition) is 6. The fourth-order valence-corrected chi connectivity index (χ4v) is 1.46. The Hall–Kier alpha value is -1.50. The zero-order valence-electron chi connectivity index (χ0n) is 11.7. The quantitative estimate of drug-likeness (QED) is 0.436. The van der Waals surface area contributed by atoms with Crippen molar-refractivity contribution in [1.82, 2.24) is 0 Å². The molecule has 0 saturated carbocycles. The van der Waals surface area contributed by atoms with E-state index < -0.39 is 29.4 Å². The molecule has 1 atom stereocenters. The van der Waals surface area contributed by atoms with Crippen LogP contribution in [0.3, 0.4) is 0 Å². The molecule has 1 N–H and O–H groups in total. The smallest absolute Gasteiger partial charge is 0.481 e. The molecule has 0 bridgehead atoms. The Kier molecular flexibility index (Phi) is 7.98. The zero-order valence-corrected chi connectivity index (χ0v) is 12.4. The van der Waals surface area contributed by atoms with Crippen molar-refractivity contribution in [3.8, 4) is 0 Å². The van der Waals surface area contributed by atoms with Crippen molar-refractivity contribution in [3.63, 3.8) is 0 Å². The maximum atomic E-state index is 11.8. The van der Waals surface area contributed by atoms with Gasteiger partial charge in [-0.05, 0) is 5.41 Å². The van der Waals surface area contributed by atoms with Gasteiger partial charge in [0.05, 0.1) is 12.3 Å². The lowest BCUT2D eigenvalue weighted by Crippen LogP contribution is -2.33. The molecule has 0 aliphatic rings. The zero-order chi connectivity index (χ0) is 15.8. The van der Waals surface area contributed by atoms with Gasteiger partial charge in [-0.1, -0.05) is 32.4 Å². The number of esters is 1. The van der Waals surface area contributed by atoms with E-state index in [0.717, 1.165) is 0 Å². The summed E-state index contributed by atoms with van der Waals surface area (Å²) in [4.78, 5) is 33.3. The highest BCUT2D eigenvalue weighted by molar-refractivity contribution is 6.17. The summed E-state index contributed by atoms with van der Waals surface area (Å²) < 4.78 is 13.7. The lowest BCUT2D eigenvalue weighted by atomic mass is 9.79. The molecule has 0 aromatic heterocycles. The third-order valence-electron chi connectivity index (χ3n) is 2.43. The van der Waals surface area contributed by atoms with Crippen LogP contribution in [0.1, 0.15) is 27.2 Å². The van der Waals surface area contributed by atoms with Crippen LogP contribution >= 0.6 is 11.6 Å². The average Bonchev–Trinajstić information content (AvgIpc) is 2.30. The van der Waals surface area contributed by atoms with Crippen LogP contribution in [0.25, 0.3) is 0 Å².